The summed E-state index contributed by atoms with van der Waals surface area (Å²) in [5.74, 6) is 1.40. The third kappa shape index (κ3) is 3.44. The lowest BCUT2D eigenvalue weighted by atomic mass is 10.2. The molecule has 9 heteroatoms. The van der Waals surface area contributed by atoms with Crippen LogP contribution < -0.4 is 10.9 Å². The quantitative estimate of drug-likeness (QED) is 0.734. The van der Waals surface area contributed by atoms with Gasteiger partial charge in [-0.3, -0.25) is 9.59 Å². The summed E-state index contributed by atoms with van der Waals surface area (Å²) in [7, 11) is 0. The molecular formula is C18H21N7O2. The van der Waals surface area contributed by atoms with E-state index in [4.69, 9.17) is 0 Å². The normalized spacial score (nSPS) is 14.1. The molecule has 3 aromatic heterocycles. The Morgan fingerprint density at radius 2 is 1.96 bits per heavy atom. The number of carbonyl (C=O) groups is 1. The van der Waals surface area contributed by atoms with Crippen LogP contribution in [0.1, 0.15) is 55.9 Å². The van der Waals surface area contributed by atoms with Crippen LogP contribution in [0.4, 0.5) is 5.69 Å². The Bertz CT molecular complexity index is 1060. The van der Waals surface area contributed by atoms with Gasteiger partial charge >= 0.3 is 0 Å². The summed E-state index contributed by atoms with van der Waals surface area (Å²) in [6.45, 7) is 5.55. The molecule has 0 unspecified atom stereocenters. The van der Waals surface area contributed by atoms with Gasteiger partial charge in [0.25, 0.3) is 5.56 Å². The van der Waals surface area contributed by atoms with E-state index in [-0.39, 0.29) is 23.9 Å². The monoisotopic (exact) mass is 367 g/mol. The number of aromatic nitrogens is 6. The summed E-state index contributed by atoms with van der Waals surface area (Å²) in [5.41, 5.74) is 1.54. The van der Waals surface area contributed by atoms with Gasteiger partial charge in [-0.25, -0.2) is 19.2 Å². The maximum absolute atomic E-state index is 12.8. The van der Waals surface area contributed by atoms with Gasteiger partial charge in [-0.2, -0.15) is 10.2 Å². The predicted molar refractivity (Wildman–Crippen MR) is 98.7 cm³/mol. The van der Waals surface area contributed by atoms with Crippen LogP contribution in [0.2, 0.25) is 0 Å². The molecule has 4 rings (SSSR count). The summed E-state index contributed by atoms with van der Waals surface area (Å²) in [5, 5.41) is 11.7. The first-order chi connectivity index (χ1) is 12.9. The standard InChI is InChI=1S/C18H21N7O2/c1-10(2)17-23-24(9-16(26)21-13-7-19-11(3)20-8-13)18(27)15-6-14(12-4-5-12)22-25(15)17/h6-8,10,12H,4-5,9H2,1-3H3,(H,21,26). The minimum atomic E-state index is -0.363. The van der Waals surface area contributed by atoms with E-state index >= 15 is 0 Å². The molecule has 0 spiro atoms. The summed E-state index contributed by atoms with van der Waals surface area (Å²) in [6, 6.07) is 1.83. The van der Waals surface area contributed by atoms with Crippen molar-refractivity contribution in [2.24, 2.45) is 0 Å². The minimum Gasteiger partial charge on any atom is -0.322 e. The molecule has 1 fully saturated rings. The Hall–Kier alpha value is -3.10. The first-order valence-electron chi connectivity index (χ1n) is 9.01. The second kappa shape index (κ2) is 6.57. The topological polar surface area (TPSA) is 107 Å². The van der Waals surface area contributed by atoms with Crippen molar-refractivity contribution in [3.63, 3.8) is 0 Å². The Morgan fingerprint density at radius 1 is 1.26 bits per heavy atom. The Morgan fingerprint density at radius 3 is 2.59 bits per heavy atom. The number of rotatable bonds is 5. The summed E-state index contributed by atoms with van der Waals surface area (Å²) in [6.07, 6.45) is 5.25. The first-order valence-corrected chi connectivity index (χ1v) is 9.01. The maximum Gasteiger partial charge on any atom is 0.293 e. The van der Waals surface area contributed by atoms with Crippen molar-refractivity contribution < 1.29 is 4.79 Å². The number of hydrogen-bond donors (Lipinski definition) is 1. The Labute approximate surface area is 155 Å². The van der Waals surface area contributed by atoms with E-state index in [9.17, 15) is 9.59 Å². The van der Waals surface area contributed by atoms with Crippen LogP contribution in [-0.2, 0) is 11.3 Å². The smallest absolute Gasteiger partial charge is 0.293 e. The number of carbonyl (C=O) groups excluding carboxylic acids is 1. The van der Waals surface area contributed by atoms with Gasteiger partial charge in [0, 0.05) is 11.8 Å². The largest absolute Gasteiger partial charge is 0.322 e. The molecule has 0 atom stereocenters. The third-order valence-corrected chi connectivity index (χ3v) is 4.49. The highest BCUT2D eigenvalue weighted by molar-refractivity contribution is 5.90. The Balaban J connectivity index is 1.66. The molecule has 1 aliphatic rings. The molecule has 0 aromatic carbocycles. The van der Waals surface area contributed by atoms with Gasteiger partial charge in [0.15, 0.2) is 5.82 Å². The minimum absolute atomic E-state index is 0.0554. The van der Waals surface area contributed by atoms with E-state index in [0.29, 0.717) is 28.8 Å². The lowest BCUT2D eigenvalue weighted by Gasteiger charge is -2.11. The fourth-order valence-corrected chi connectivity index (χ4v) is 2.91. The molecule has 1 aliphatic carbocycles. The van der Waals surface area contributed by atoms with Crippen molar-refractivity contribution in [3.8, 4) is 0 Å². The van der Waals surface area contributed by atoms with Gasteiger partial charge in [-0.05, 0) is 25.8 Å². The van der Waals surface area contributed by atoms with Crippen LogP contribution in [-0.4, -0.2) is 35.3 Å². The predicted octanol–water partition coefficient (Wildman–Crippen LogP) is 1.63. The summed E-state index contributed by atoms with van der Waals surface area (Å²) < 4.78 is 2.83. The zero-order valence-electron chi connectivity index (χ0n) is 15.5. The van der Waals surface area contributed by atoms with Crippen LogP contribution in [0.25, 0.3) is 5.52 Å². The number of nitrogens with zero attached hydrogens (tertiary/aromatic N) is 6. The van der Waals surface area contributed by atoms with Crippen molar-refractivity contribution in [1.29, 1.82) is 0 Å². The highest BCUT2D eigenvalue weighted by Gasteiger charge is 2.28. The molecule has 9 nitrogen and oxygen atoms in total. The lowest BCUT2D eigenvalue weighted by Crippen LogP contribution is -2.32. The van der Waals surface area contributed by atoms with Crippen molar-refractivity contribution >= 4 is 17.1 Å². The molecular weight excluding hydrogens is 346 g/mol. The van der Waals surface area contributed by atoms with E-state index in [1.54, 1.807) is 11.4 Å². The van der Waals surface area contributed by atoms with Crippen molar-refractivity contribution in [1.82, 2.24) is 29.4 Å². The first kappa shape index (κ1) is 17.3. The molecule has 27 heavy (non-hydrogen) atoms. The number of amides is 1. The molecule has 3 aromatic rings. The van der Waals surface area contributed by atoms with Crippen molar-refractivity contribution in [3.05, 3.63) is 46.2 Å². The third-order valence-electron chi connectivity index (χ3n) is 4.49. The van der Waals surface area contributed by atoms with Crippen LogP contribution in [0.15, 0.2) is 23.3 Å². The highest BCUT2D eigenvalue weighted by Crippen LogP contribution is 2.39. The zero-order chi connectivity index (χ0) is 19.1. The molecule has 1 saturated carbocycles. The molecule has 0 bridgehead atoms. The second-order valence-corrected chi connectivity index (χ2v) is 7.18. The summed E-state index contributed by atoms with van der Waals surface area (Å²) in [4.78, 5) is 33.3. The average molecular weight is 367 g/mol. The second-order valence-electron chi connectivity index (χ2n) is 7.18. The summed E-state index contributed by atoms with van der Waals surface area (Å²) >= 11 is 0. The number of aryl methyl sites for hydroxylation is 1. The van der Waals surface area contributed by atoms with Crippen LogP contribution >= 0.6 is 0 Å². The van der Waals surface area contributed by atoms with Crippen LogP contribution in [0.3, 0.4) is 0 Å². The number of fused-ring (bicyclic) bond motifs is 1. The SMILES string of the molecule is Cc1ncc(NC(=O)Cn2nc(C(C)C)n3nc(C4CC4)cc3c2=O)cn1. The lowest BCUT2D eigenvalue weighted by molar-refractivity contribution is -0.117. The molecule has 0 aliphatic heterocycles. The van der Waals surface area contributed by atoms with Crippen molar-refractivity contribution in [2.45, 2.75) is 52.0 Å². The van der Waals surface area contributed by atoms with E-state index < -0.39 is 0 Å². The molecule has 0 saturated heterocycles. The van der Waals surface area contributed by atoms with Gasteiger partial charge in [0.1, 0.15) is 17.9 Å². The van der Waals surface area contributed by atoms with Gasteiger partial charge in [-0.15, -0.1) is 0 Å². The molecule has 1 N–H and O–H groups in total. The molecule has 140 valence electrons. The highest BCUT2D eigenvalue weighted by atomic mass is 16.2. The fraction of sp³-hybridized carbons (Fsp3) is 0.444. The molecule has 3 heterocycles. The van der Waals surface area contributed by atoms with Gasteiger partial charge in [-0.1, -0.05) is 13.8 Å². The van der Waals surface area contributed by atoms with Gasteiger partial charge < -0.3 is 5.32 Å². The molecule has 1 amide bonds. The van der Waals surface area contributed by atoms with E-state index in [2.05, 4.69) is 25.5 Å². The number of anilines is 1. The van der Waals surface area contributed by atoms with Gasteiger partial charge in [0.05, 0.1) is 23.8 Å². The Kier molecular flexibility index (Phi) is 4.21. The molecule has 0 radical (unpaired) electrons. The average Bonchev–Trinajstić information content (AvgIpc) is 3.38. The van der Waals surface area contributed by atoms with E-state index in [1.807, 2.05) is 19.9 Å². The van der Waals surface area contributed by atoms with Gasteiger partial charge in [0.2, 0.25) is 5.91 Å². The van der Waals surface area contributed by atoms with Crippen molar-refractivity contribution in [2.75, 3.05) is 5.32 Å². The number of nitrogens with one attached hydrogen (secondary N) is 1. The fourth-order valence-electron chi connectivity index (χ4n) is 2.91. The zero-order valence-corrected chi connectivity index (χ0v) is 15.5. The maximum atomic E-state index is 12.8. The van der Waals surface area contributed by atoms with Crippen LogP contribution in [0.5, 0.6) is 0 Å². The van der Waals surface area contributed by atoms with E-state index in [0.717, 1.165) is 18.5 Å². The van der Waals surface area contributed by atoms with E-state index in [1.165, 1.54) is 17.1 Å². The number of hydrogen-bond acceptors (Lipinski definition) is 6. The van der Waals surface area contributed by atoms with Crippen LogP contribution in [0, 0.1) is 6.92 Å².